The molecule has 0 spiro atoms. The molecule has 1 aliphatic heterocycles. The number of carbonyl (C=O) groups is 1. The van der Waals surface area contributed by atoms with Crippen molar-refractivity contribution in [2.24, 2.45) is 0 Å². The van der Waals surface area contributed by atoms with Crippen molar-refractivity contribution in [1.29, 1.82) is 0 Å². The fourth-order valence-corrected chi connectivity index (χ4v) is 1.24. The molecule has 5 heteroatoms. The summed E-state index contributed by atoms with van der Waals surface area (Å²) >= 11 is 0. The molecule has 1 saturated heterocycles. The third-order valence-corrected chi connectivity index (χ3v) is 1.95. The lowest BCUT2D eigenvalue weighted by molar-refractivity contribution is -0.181. The summed E-state index contributed by atoms with van der Waals surface area (Å²) in [5, 5.41) is 0. The molecule has 1 unspecified atom stereocenters. The molecule has 0 aromatic rings. The van der Waals surface area contributed by atoms with Gasteiger partial charge in [-0.15, -0.1) is 0 Å². The van der Waals surface area contributed by atoms with Crippen molar-refractivity contribution >= 4 is 5.97 Å². The van der Waals surface area contributed by atoms with Gasteiger partial charge in [0, 0.05) is 13.2 Å². The molecule has 1 aliphatic rings. The first-order valence-corrected chi connectivity index (χ1v) is 4.78. The molecule has 0 amide bonds. The summed E-state index contributed by atoms with van der Waals surface area (Å²) in [6.07, 6.45) is -0.944. The molecule has 1 fully saturated rings. The molecular weight excluding hydrogens is 191 g/mol. The Morgan fingerprint density at radius 2 is 2.21 bits per heavy atom. The monoisotopic (exact) mass is 206 g/mol. The van der Waals surface area contributed by atoms with Crippen molar-refractivity contribution < 1.29 is 23.4 Å². The molecule has 0 saturated carbocycles. The third kappa shape index (κ3) is 3.59. The minimum atomic E-state index is -1.96. The van der Waals surface area contributed by atoms with Crippen molar-refractivity contribution in [1.82, 2.24) is 0 Å². The quantitative estimate of drug-likeness (QED) is 0.645. The van der Waals surface area contributed by atoms with Crippen LogP contribution >= 0.6 is 0 Å². The molecule has 0 N–H and O–H groups in total. The van der Waals surface area contributed by atoms with Crippen molar-refractivity contribution in [3.63, 3.8) is 0 Å². The standard InChI is InChI=1S/C9H15FO4/c1-2-13-9(11)8(10)14-7-3-5-12-6-4-7/h7-8H,2-6H2,1H3. The van der Waals surface area contributed by atoms with E-state index in [0.717, 1.165) is 0 Å². The fraction of sp³-hybridized carbons (Fsp3) is 0.889. The molecule has 0 aliphatic carbocycles. The molecule has 0 aromatic carbocycles. The number of ether oxygens (including phenoxy) is 3. The maximum absolute atomic E-state index is 13.0. The number of esters is 1. The molecule has 14 heavy (non-hydrogen) atoms. The van der Waals surface area contributed by atoms with E-state index < -0.39 is 12.3 Å². The van der Waals surface area contributed by atoms with E-state index in [1.54, 1.807) is 6.92 Å². The second-order valence-corrected chi connectivity index (χ2v) is 3.02. The van der Waals surface area contributed by atoms with Gasteiger partial charge in [-0.25, -0.2) is 9.18 Å². The van der Waals surface area contributed by atoms with E-state index in [0.29, 0.717) is 26.1 Å². The van der Waals surface area contributed by atoms with Gasteiger partial charge in [0.1, 0.15) is 0 Å². The zero-order valence-electron chi connectivity index (χ0n) is 8.20. The summed E-state index contributed by atoms with van der Waals surface area (Å²) in [5.41, 5.74) is 0. The van der Waals surface area contributed by atoms with E-state index in [2.05, 4.69) is 4.74 Å². The van der Waals surface area contributed by atoms with Gasteiger partial charge in [0.15, 0.2) is 0 Å². The fourth-order valence-electron chi connectivity index (χ4n) is 1.24. The predicted octanol–water partition coefficient (Wildman–Crippen LogP) is 1.04. The molecular formula is C9H15FO4. The Kier molecular flexibility index (Phi) is 4.82. The van der Waals surface area contributed by atoms with Gasteiger partial charge in [-0.3, -0.25) is 0 Å². The van der Waals surface area contributed by atoms with Gasteiger partial charge < -0.3 is 14.2 Å². The second-order valence-electron chi connectivity index (χ2n) is 3.02. The van der Waals surface area contributed by atoms with Crippen molar-refractivity contribution in [2.75, 3.05) is 19.8 Å². The van der Waals surface area contributed by atoms with E-state index in [1.165, 1.54) is 0 Å². The maximum atomic E-state index is 13.0. The summed E-state index contributed by atoms with van der Waals surface area (Å²) in [7, 11) is 0. The van der Waals surface area contributed by atoms with E-state index in [-0.39, 0.29) is 12.7 Å². The van der Waals surface area contributed by atoms with Crippen LogP contribution in [0.2, 0.25) is 0 Å². The minimum absolute atomic E-state index is 0.163. The number of carbonyl (C=O) groups excluding carboxylic acids is 1. The molecule has 82 valence electrons. The number of halogens is 1. The average Bonchev–Trinajstić information content (AvgIpc) is 2.19. The van der Waals surface area contributed by atoms with Crippen LogP contribution in [0.15, 0.2) is 0 Å². The summed E-state index contributed by atoms with van der Waals surface area (Å²) < 4.78 is 27.5. The first kappa shape index (κ1) is 11.4. The predicted molar refractivity (Wildman–Crippen MR) is 46.5 cm³/mol. The lowest BCUT2D eigenvalue weighted by Gasteiger charge is -2.23. The maximum Gasteiger partial charge on any atom is 0.368 e. The summed E-state index contributed by atoms with van der Waals surface area (Å²) in [5.74, 6) is -0.945. The number of hydrogen-bond donors (Lipinski definition) is 0. The Bertz CT molecular complexity index is 180. The first-order valence-electron chi connectivity index (χ1n) is 4.78. The molecule has 1 atom stereocenters. The van der Waals surface area contributed by atoms with Gasteiger partial charge in [-0.05, 0) is 19.8 Å². The largest absolute Gasteiger partial charge is 0.462 e. The number of hydrogen-bond acceptors (Lipinski definition) is 4. The van der Waals surface area contributed by atoms with Gasteiger partial charge in [-0.2, -0.15) is 0 Å². The highest BCUT2D eigenvalue weighted by molar-refractivity contribution is 5.72. The average molecular weight is 206 g/mol. The van der Waals surface area contributed by atoms with Crippen molar-refractivity contribution in [2.45, 2.75) is 32.2 Å². The molecule has 1 heterocycles. The highest BCUT2D eigenvalue weighted by Gasteiger charge is 2.25. The Morgan fingerprint density at radius 3 is 2.79 bits per heavy atom. The van der Waals surface area contributed by atoms with Gasteiger partial charge in [0.25, 0.3) is 6.36 Å². The molecule has 0 aromatic heterocycles. The van der Waals surface area contributed by atoms with Crippen molar-refractivity contribution in [3.05, 3.63) is 0 Å². The topological polar surface area (TPSA) is 44.8 Å². The highest BCUT2D eigenvalue weighted by Crippen LogP contribution is 2.14. The molecule has 1 rings (SSSR count). The lowest BCUT2D eigenvalue weighted by atomic mass is 10.1. The minimum Gasteiger partial charge on any atom is -0.462 e. The highest BCUT2D eigenvalue weighted by atomic mass is 19.1. The van der Waals surface area contributed by atoms with E-state index in [9.17, 15) is 9.18 Å². The number of alkyl halides is 1. The number of rotatable bonds is 4. The summed E-state index contributed by atoms with van der Waals surface area (Å²) in [4.78, 5) is 10.9. The first-order chi connectivity index (χ1) is 6.74. The van der Waals surface area contributed by atoms with E-state index in [4.69, 9.17) is 9.47 Å². The van der Waals surface area contributed by atoms with E-state index >= 15 is 0 Å². The van der Waals surface area contributed by atoms with Gasteiger partial charge >= 0.3 is 5.97 Å². The Morgan fingerprint density at radius 1 is 1.57 bits per heavy atom. The normalized spacial score (nSPS) is 20.4. The zero-order chi connectivity index (χ0) is 10.4. The lowest BCUT2D eigenvalue weighted by Crippen LogP contribution is -2.31. The van der Waals surface area contributed by atoms with Gasteiger partial charge in [0.2, 0.25) is 0 Å². The van der Waals surface area contributed by atoms with Crippen LogP contribution in [0.25, 0.3) is 0 Å². The Labute approximate surface area is 82.3 Å². The van der Waals surface area contributed by atoms with Crippen LogP contribution in [0.3, 0.4) is 0 Å². The van der Waals surface area contributed by atoms with Crippen LogP contribution < -0.4 is 0 Å². The van der Waals surface area contributed by atoms with E-state index in [1.807, 2.05) is 0 Å². The van der Waals surface area contributed by atoms with Crippen molar-refractivity contribution in [3.8, 4) is 0 Å². The van der Waals surface area contributed by atoms with Crippen LogP contribution in [0.1, 0.15) is 19.8 Å². The molecule has 0 bridgehead atoms. The smallest absolute Gasteiger partial charge is 0.368 e. The second kappa shape index (κ2) is 5.93. The van der Waals surface area contributed by atoms with Gasteiger partial charge in [0.05, 0.1) is 12.7 Å². The molecule has 4 nitrogen and oxygen atoms in total. The zero-order valence-corrected chi connectivity index (χ0v) is 8.20. The third-order valence-electron chi connectivity index (χ3n) is 1.95. The summed E-state index contributed by atoms with van der Waals surface area (Å²) in [6.45, 7) is 2.90. The van der Waals surface area contributed by atoms with Crippen LogP contribution in [0, 0.1) is 0 Å². The SMILES string of the molecule is CCOC(=O)C(F)OC1CCOCC1. The van der Waals surface area contributed by atoms with Crippen LogP contribution in [0.4, 0.5) is 4.39 Å². The van der Waals surface area contributed by atoms with Crippen LogP contribution in [-0.2, 0) is 19.0 Å². The van der Waals surface area contributed by atoms with Gasteiger partial charge in [-0.1, -0.05) is 0 Å². The summed E-state index contributed by atoms with van der Waals surface area (Å²) in [6, 6.07) is 0. The van der Waals surface area contributed by atoms with Crippen LogP contribution in [-0.4, -0.2) is 38.3 Å². The van der Waals surface area contributed by atoms with Crippen LogP contribution in [0.5, 0.6) is 0 Å². The molecule has 0 radical (unpaired) electrons. The Balaban J connectivity index is 2.24. The Hall–Kier alpha value is -0.680.